The summed E-state index contributed by atoms with van der Waals surface area (Å²) in [6.45, 7) is 5.16. The van der Waals surface area contributed by atoms with E-state index in [4.69, 9.17) is 0 Å². The van der Waals surface area contributed by atoms with Gasteiger partial charge < -0.3 is 5.32 Å². The maximum Gasteiger partial charge on any atom is 0.274 e. The summed E-state index contributed by atoms with van der Waals surface area (Å²) in [6.07, 6.45) is 1.04. The molecule has 0 amide bonds. The highest BCUT2D eigenvalue weighted by Gasteiger charge is 2.41. The van der Waals surface area contributed by atoms with Gasteiger partial charge in [-0.1, -0.05) is 35.8 Å². The van der Waals surface area contributed by atoms with Gasteiger partial charge in [0, 0.05) is 22.1 Å². The van der Waals surface area contributed by atoms with Crippen molar-refractivity contribution in [1.29, 1.82) is 0 Å². The molecule has 1 saturated carbocycles. The van der Waals surface area contributed by atoms with Gasteiger partial charge in [0.1, 0.15) is 0 Å². The summed E-state index contributed by atoms with van der Waals surface area (Å²) in [5.74, 6) is 0.872. The van der Waals surface area contributed by atoms with Gasteiger partial charge in [0.05, 0.1) is 4.92 Å². The maximum absolute atomic E-state index is 11.0. The van der Waals surface area contributed by atoms with Crippen LogP contribution in [0.25, 0.3) is 0 Å². The number of nitrogens with zero attached hydrogens (tertiary/aromatic N) is 1. The Morgan fingerprint density at radius 1 is 1.56 bits per heavy atom. The van der Waals surface area contributed by atoms with Crippen LogP contribution in [0.2, 0.25) is 0 Å². The lowest BCUT2D eigenvalue weighted by Gasteiger charge is -2.07. The summed E-state index contributed by atoms with van der Waals surface area (Å²) in [5.41, 5.74) is 1.11. The average molecular weight is 313 g/mol. The first-order valence-corrected chi connectivity index (χ1v) is 6.95. The smallest absolute Gasteiger partial charge is 0.274 e. The van der Waals surface area contributed by atoms with Crippen LogP contribution in [0.4, 0.5) is 5.69 Å². The lowest BCUT2D eigenvalue weighted by atomic mass is 10.1. The van der Waals surface area contributed by atoms with Crippen LogP contribution in [-0.4, -0.2) is 17.5 Å². The molecule has 0 bridgehead atoms. The van der Waals surface area contributed by atoms with Crippen molar-refractivity contribution in [3.05, 3.63) is 38.3 Å². The SMILES string of the molecule is CC(C)NCC1CC1c1ccc(Br)cc1[N+](=O)[O-]. The fourth-order valence-electron chi connectivity index (χ4n) is 2.23. The van der Waals surface area contributed by atoms with Gasteiger partial charge in [0.2, 0.25) is 0 Å². The molecule has 4 nitrogen and oxygen atoms in total. The molecule has 98 valence electrons. The number of nitro groups is 1. The van der Waals surface area contributed by atoms with Crippen LogP contribution < -0.4 is 5.32 Å². The van der Waals surface area contributed by atoms with E-state index in [1.54, 1.807) is 6.07 Å². The van der Waals surface area contributed by atoms with Crippen LogP contribution in [0, 0.1) is 16.0 Å². The van der Waals surface area contributed by atoms with E-state index in [9.17, 15) is 10.1 Å². The Balaban J connectivity index is 2.09. The normalized spacial score (nSPS) is 22.2. The second-order valence-corrected chi connectivity index (χ2v) is 6.04. The number of benzene rings is 1. The minimum absolute atomic E-state index is 0.237. The van der Waals surface area contributed by atoms with Crippen LogP contribution in [0.5, 0.6) is 0 Å². The minimum atomic E-state index is -0.286. The Morgan fingerprint density at radius 2 is 2.28 bits per heavy atom. The Bertz CT molecular complexity index is 462. The molecule has 0 aromatic heterocycles. The second-order valence-electron chi connectivity index (χ2n) is 5.13. The van der Waals surface area contributed by atoms with Gasteiger partial charge in [-0.15, -0.1) is 0 Å². The van der Waals surface area contributed by atoms with Gasteiger partial charge in [-0.3, -0.25) is 10.1 Å². The van der Waals surface area contributed by atoms with Crippen molar-refractivity contribution < 1.29 is 4.92 Å². The zero-order chi connectivity index (χ0) is 13.3. The van der Waals surface area contributed by atoms with Crippen molar-refractivity contribution in [1.82, 2.24) is 5.32 Å². The van der Waals surface area contributed by atoms with Crippen LogP contribution in [-0.2, 0) is 0 Å². The molecule has 18 heavy (non-hydrogen) atoms. The summed E-state index contributed by atoms with van der Waals surface area (Å²) in [6, 6.07) is 5.82. The summed E-state index contributed by atoms with van der Waals surface area (Å²) in [4.78, 5) is 10.8. The Kier molecular flexibility index (Phi) is 4.02. The minimum Gasteiger partial charge on any atom is -0.314 e. The van der Waals surface area contributed by atoms with Gasteiger partial charge in [0.25, 0.3) is 5.69 Å². The summed E-state index contributed by atoms with van der Waals surface area (Å²) in [5, 5.41) is 14.4. The van der Waals surface area contributed by atoms with Gasteiger partial charge in [-0.25, -0.2) is 0 Å². The Labute approximate surface area is 115 Å². The third-order valence-electron chi connectivity index (χ3n) is 3.30. The topological polar surface area (TPSA) is 55.2 Å². The zero-order valence-electron chi connectivity index (χ0n) is 10.5. The molecule has 2 atom stereocenters. The quantitative estimate of drug-likeness (QED) is 0.669. The van der Waals surface area contributed by atoms with E-state index in [-0.39, 0.29) is 10.6 Å². The molecule has 1 N–H and O–H groups in total. The molecule has 1 aliphatic rings. The van der Waals surface area contributed by atoms with Crippen molar-refractivity contribution in [2.24, 2.45) is 5.92 Å². The molecular formula is C13H17BrN2O2. The standard InChI is InChI=1S/C13H17BrN2O2/c1-8(2)15-7-9-5-12(9)11-4-3-10(14)6-13(11)16(17)18/h3-4,6,8-9,12,15H,5,7H2,1-2H3. The molecule has 2 rings (SSSR count). The van der Waals surface area contributed by atoms with Gasteiger partial charge in [-0.05, 0) is 30.9 Å². The van der Waals surface area contributed by atoms with Crippen molar-refractivity contribution in [3.63, 3.8) is 0 Å². The number of nitrogens with one attached hydrogen (secondary N) is 1. The van der Waals surface area contributed by atoms with Crippen molar-refractivity contribution >= 4 is 21.6 Å². The summed E-state index contributed by atoms with van der Waals surface area (Å²) >= 11 is 3.28. The average Bonchev–Trinajstić information content (AvgIpc) is 3.05. The maximum atomic E-state index is 11.0. The van der Waals surface area contributed by atoms with E-state index < -0.39 is 0 Å². The number of hydrogen-bond donors (Lipinski definition) is 1. The molecular weight excluding hydrogens is 296 g/mol. The van der Waals surface area contributed by atoms with Crippen molar-refractivity contribution in [2.75, 3.05) is 6.54 Å². The third-order valence-corrected chi connectivity index (χ3v) is 3.79. The van der Waals surface area contributed by atoms with Gasteiger partial charge in [0.15, 0.2) is 0 Å². The Morgan fingerprint density at radius 3 is 2.89 bits per heavy atom. The van der Waals surface area contributed by atoms with Gasteiger partial charge >= 0.3 is 0 Å². The molecule has 2 unspecified atom stereocenters. The third kappa shape index (κ3) is 3.09. The van der Waals surface area contributed by atoms with E-state index >= 15 is 0 Å². The van der Waals surface area contributed by atoms with Crippen LogP contribution in [0.1, 0.15) is 31.7 Å². The lowest BCUT2D eigenvalue weighted by molar-refractivity contribution is -0.385. The van der Waals surface area contributed by atoms with E-state index in [1.165, 1.54) is 0 Å². The molecule has 1 aromatic rings. The van der Waals surface area contributed by atoms with Gasteiger partial charge in [-0.2, -0.15) is 0 Å². The fourth-order valence-corrected chi connectivity index (χ4v) is 2.58. The molecule has 1 fully saturated rings. The van der Waals surface area contributed by atoms with Crippen molar-refractivity contribution in [3.8, 4) is 0 Å². The number of halogens is 1. The largest absolute Gasteiger partial charge is 0.314 e. The predicted octanol–water partition coefficient (Wildman–Crippen LogP) is 3.46. The molecule has 0 aliphatic heterocycles. The van der Waals surface area contributed by atoms with E-state index in [0.29, 0.717) is 17.9 Å². The number of rotatable bonds is 5. The van der Waals surface area contributed by atoms with E-state index in [1.807, 2.05) is 12.1 Å². The van der Waals surface area contributed by atoms with Crippen LogP contribution in [0.15, 0.2) is 22.7 Å². The first-order valence-electron chi connectivity index (χ1n) is 6.16. The highest BCUT2D eigenvalue weighted by atomic mass is 79.9. The predicted molar refractivity (Wildman–Crippen MR) is 74.8 cm³/mol. The molecule has 0 radical (unpaired) electrons. The second kappa shape index (κ2) is 5.36. The number of nitro benzene ring substituents is 1. The highest BCUT2D eigenvalue weighted by molar-refractivity contribution is 9.10. The molecule has 0 saturated heterocycles. The first-order chi connectivity index (χ1) is 8.49. The Hall–Kier alpha value is -0.940. The first kappa shape index (κ1) is 13.5. The monoisotopic (exact) mass is 312 g/mol. The van der Waals surface area contributed by atoms with E-state index in [0.717, 1.165) is 23.0 Å². The van der Waals surface area contributed by atoms with Crippen molar-refractivity contribution in [2.45, 2.75) is 32.2 Å². The summed E-state index contributed by atoms with van der Waals surface area (Å²) in [7, 11) is 0. The lowest BCUT2D eigenvalue weighted by Crippen LogP contribution is -2.25. The fraction of sp³-hybridized carbons (Fsp3) is 0.538. The zero-order valence-corrected chi connectivity index (χ0v) is 12.1. The molecule has 0 spiro atoms. The molecule has 1 aliphatic carbocycles. The van der Waals surface area contributed by atoms with Crippen LogP contribution >= 0.6 is 15.9 Å². The molecule has 1 aromatic carbocycles. The molecule has 0 heterocycles. The highest BCUT2D eigenvalue weighted by Crippen LogP contribution is 2.50. The molecule has 5 heteroatoms. The summed E-state index contributed by atoms with van der Waals surface area (Å²) < 4.78 is 0.760. The van der Waals surface area contributed by atoms with E-state index in [2.05, 4.69) is 35.1 Å². The van der Waals surface area contributed by atoms with Crippen LogP contribution in [0.3, 0.4) is 0 Å². The number of hydrogen-bond acceptors (Lipinski definition) is 3.